The lowest BCUT2D eigenvalue weighted by molar-refractivity contribution is 0.0714. The molecule has 0 bridgehead atoms. The van der Waals surface area contributed by atoms with E-state index in [4.69, 9.17) is 9.47 Å². The van der Waals surface area contributed by atoms with Crippen molar-refractivity contribution >= 4 is 22.4 Å². The molecule has 1 aliphatic heterocycles. The minimum absolute atomic E-state index is 0.0914. The molecule has 3 aromatic carbocycles. The van der Waals surface area contributed by atoms with Crippen LogP contribution in [0.2, 0.25) is 0 Å². The van der Waals surface area contributed by atoms with E-state index in [2.05, 4.69) is 24.3 Å². The second kappa shape index (κ2) is 10.6. The van der Waals surface area contributed by atoms with E-state index >= 15 is 0 Å². The normalized spacial score (nSPS) is 13.9. The molecule has 38 heavy (non-hydrogen) atoms. The maximum atomic E-state index is 14.0. The maximum Gasteiger partial charge on any atom is 0.263 e. The molecule has 1 aliphatic rings. The third-order valence-electron chi connectivity index (χ3n) is 7.43. The highest BCUT2D eigenvalue weighted by Crippen LogP contribution is 2.34. The van der Waals surface area contributed by atoms with Gasteiger partial charge in [-0.15, -0.1) is 0 Å². The molecule has 1 aromatic heterocycles. The summed E-state index contributed by atoms with van der Waals surface area (Å²) < 4.78 is 12.6. The second-order valence-electron chi connectivity index (χ2n) is 9.86. The number of hydrogen-bond donors (Lipinski definition) is 0. The summed E-state index contributed by atoms with van der Waals surface area (Å²) in [6.45, 7) is 1.31. The van der Waals surface area contributed by atoms with Crippen molar-refractivity contribution in [1.82, 2.24) is 9.47 Å². The summed E-state index contributed by atoms with van der Waals surface area (Å²) in [6, 6.07) is 21.6. The van der Waals surface area contributed by atoms with Crippen molar-refractivity contribution in [3.8, 4) is 17.2 Å². The van der Waals surface area contributed by atoms with Crippen LogP contribution in [0.4, 0.5) is 5.69 Å². The smallest absolute Gasteiger partial charge is 0.263 e. The number of methoxy groups -OCH3 is 2. The van der Waals surface area contributed by atoms with Crippen molar-refractivity contribution in [3.05, 3.63) is 94.4 Å². The Kier molecular flexibility index (Phi) is 7.09. The van der Waals surface area contributed by atoms with Crippen LogP contribution in [-0.4, -0.2) is 56.8 Å². The molecule has 0 N–H and O–H groups in total. The number of carbonyl (C=O) groups excluding carboxylic acids is 1. The molecule has 0 spiro atoms. The molecule has 4 aromatic rings. The van der Waals surface area contributed by atoms with E-state index in [9.17, 15) is 9.59 Å². The highest BCUT2D eigenvalue weighted by Gasteiger charge is 2.27. The Labute approximate surface area is 222 Å². The Bertz CT molecular complexity index is 1520. The second-order valence-corrected chi connectivity index (χ2v) is 9.86. The fraction of sp³-hybridized carbons (Fsp3) is 0.290. The van der Waals surface area contributed by atoms with Crippen LogP contribution in [0.1, 0.15) is 34.7 Å². The van der Waals surface area contributed by atoms with E-state index in [1.54, 1.807) is 30.0 Å². The van der Waals surface area contributed by atoms with Crippen molar-refractivity contribution in [2.75, 3.05) is 46.3 Å². The zero-order valence-electron chi connectivity index (χ0n) is 22.3. The molecule has 7 nitrogen and oxygen atoms in total. The summed E-state index contributed by atoms with van der Waals surface area (Å²) >= 11 is 0. The number of anilines is 1. The van der Waals surface area contributed by atoms with Crippen molar-refractivity contribution in [1.29, 1.82) is 0 Å². The van der Waals surface area contributed by atoms with Gasteiger partial charge in [0.2, 0.25) is 0 Å². The van der Waals surface area contributed by atoms with Gasteiger partial charge in [-0.1, -0.05) is 36.4 Å². The average molecular weight is 512 g/mol. The summed E-state index contributed by atoms with van der Waals surface area (Å²) in [7, 11) is 6.99. The number of aromatic nitrogens is 1. The fourth-order valence-corrected chi connectivity index (χ4v) is 5.26. The molecule has 2 heterocycles. The number of likely N-dealkylation sites (tertiary alicyclic amines) is 1. The van der Waals surface area contributed by atoms with E-state index in [1.807, 2.05) is 54.2 Å². The van der Waals surface area contributed by atoms with Gasteiger partial charge in [0.15, 0.2) is 11.5 Å². The van der Waals surface area contributed by atoms with Gasteiger partial charge >= 0.3 is 0 Å². The number of carbonyl (C=O) groups is 1. The molecule has 7 heteroatoms. The molecule has 1 amide bonds. The van der Waals surface area contributed by atoms with E-state index in [0.29, 0.717) is 52.5 Å². The van der Waals surface area contributed by atoms with Gasteiger partial charge in [0.25, 0.3) is 11.5 Å². The van der Waals surface area contributed by atoms with Crippen molar-refractivity contribution < 1.29 is 14.3 Å². The van der Waals surface area contributed by atoms with Crippen LogP contribution in [0.15, 0.2) is 77.7 Å². The standard InChI is InChI=1S/C31H33N3O4/c1-32(2)23-11-8-12-24(17-23)34-20-27(25-18-28(37-3)29(38-4)19-26(25)31(34)36)30(35)33-15-13-22(14-16-33)21-9-6-5-7-10-21/h5-12,17-20,22H,13-16H2,1-4H3. The number of nitrogens with zero attached hydrogens (tertiary/aromatic N) is 3. The molecule has 0 radical (unpaired) electrons. The Morgan fingerprint density at radius 2 is 1.53 bits per heavy atom. The first kappa shape index (κ1) is 25.4. The molecule has 0 saturated carbocycles. The van der Waals surface area contributed by atoms with Crippen LogP contribution in [0.3, 0.4) is 0 Å². The third-order valence-corrected chi connectivity index (χ3v) is 7.43. The minimum Gasteiger partial charge on any atom is -0.493 e. The van der Waals surface area contributed by atoms with Crippen molar-refractivity contribution in [2.24, 2.45) is 0 Å². The molecule has 196 valence electrons. The molecule has 5 rings (SSSR count). The summed E-state index contributed by atoms with van der Waals surface area (Å²) in [5.41, 5.74) is 3.20. The van der Waals surface area contributed by atoms with Crippen molar-refractivity contribution in [3.63, 3.8) is 0 Å². The number of ether oxygens (including phenoxy) is 2. The van der Waals surface area contributed by atoms with E-state index in [1.165, 1.54) is 12.7 Å². The van der Waals surface area contributed by atoms with E-state index in [-0.39, 0.29) is 11.5 Å². The lowest BCUT2D eigenvalue weighted by Gasteiger charge is -2.32. The molecule has 0 atom stereocenters. The van der Waals surface area contributed by atoms with Gasteiger partial charge in [0, 0.05) is 44.5 Å². The first-order valence-electron chi connectivity index (χ1n) is 12.8. The van der Waals surface area contributed by atoms with E-state index in [0.717, 1.165) is 18.5 Å². The zero-order valence-corrected chi connectivity index (χ0v) is 22.3. The summed E-state index contributed by atoms with van der Waals surface area (Å²) in [5, 5.41) is 0.964. The van der Waals surface area contributed by atoms with Gasteiger partial charge < -0.3 is 19.3 Å². The van der Waals surface area contributed by atoms with Gasteiger partial charge in [0.05, 0.1) is 30.9 Å². The third kappa shape index (κ3) is 4.72. The monoisotopic (exact) mass is 511 g/mol. The average Bonchev–Trinajstić information content (AvgIpc) is 2.97. The Balaban J connectivity index is 1.59. The first-order chi connectivity index (χ1) is 18.4. The number of fused-ring (bicyclic) bond motifs is 1. The number of amides is 1. The summed E-state index contributed by atoms with van der Waals surface area (Å²) in [4.78, 5) is 31.6. The molecule has 1 fully saturated rings. The first-order valence-corrected chi connectivity index (χ1v) is 12.8. The molecule has 0 aliphatic carbocycles. The topological polar surface area (TPSA) is 64.0 Å². The van der Waals surface area contributed by atoms with Crippen molar-refractivity contribution in [2.45, 2.75) is 18.8 Å². The Morgan fingerprint density at radius 3 is 2.16 bits per heavy atom. The largest absolute Gasteiger partial charge is 0.493 e. The Hall–Kier alpha value is -4.26. The van der Waals surface area contributed by atoms with Crippen LogP contribution in [-0.2, 0) is 0 Å². The summed E-state index contributed by atoms with van der Waals surface area (Å²) in [5.74, 6) is 1.26. The highest BCUT2D eigenvalue weighted by molar-refractivity contribution is 6.07. The predicted molar refractivity (Wildman–Crippen MR) is 151 cm³/mol. The van der Waals surface area contributed by atoms with Gasteiger partial charge in [-0.2, -0.15) is 0 Å². The lowest BCUT2D eigenvalue weighted by atomic mass is 9.89. The Morgan fingerprint density at radius 1 is 0.868 bits per heavy atom. The van der Waals surface area contributed by atoms with Gasteiger partial charge in [-0.25, -0.2) is 0 Å². The molecule has 0 unspecified atom stereocenters. The summed E-state index contributed by atoms with van der Waals surface area (Å²) in [6.07, 6.45) is 3.47. The van der Waals surface area contributed by atoms with Crippen LogP contribution in [0, 0.1) is 0 Å². The zero-order chi connectivity index (χ0) is 26.8. The van der Waals surface area contributed by atoms with Crippen LogP contribution >= 0.6 is 0 Å². The molecule has 1 saturated heterocycles. The van der Waals surface area contributed by atoms with Crippen LogP contribution < -0.4 is 19.9 Å². The van der Waals surface area contributed by atoms with Gasteiger partial charge in [0.1, 0.15) is 0 Å². The number of piperidine rings is 1. The number of benzene rings is 3. The fourth-order valence-electron chi connectivity index (χ4n) is 5.26. The molecular formula is C31H33N3O4. The van der Waals surface area contributed by atoms with Crippen LogP contribution in [0.5, 0.6) is 11.5 Å². The quantitative estimate of drug-likeness (QED) is 0.361. The van der Waals surface area contributed by atoms with Gasteiger partial charge in [-0.05, 0) is 54.7 Å². The number of hydrogen-bond acceptors (Lipinski definition) is 5. The number of rotatable bonds is 6. The predicted octanol–water partition coefficient (Wildman–Crippen LogP) is 5.09. The van der Waals surface area contributed by atoms with Gasteiger partial charge in [-0.3, -0.25) is 14.2 Å². The SMILES string of the molecule is COc1cc2c(C(=O)N3CCC(c4ccccc4)CC3)cn(-c3cccc(N(C)C)c3)c(=O)c2cc1OC. The number of pyridine rings is 1. The minimum atomic E-state index is -0.226. The van der Waals surface area contributed by atoms with Crippen LogP contribution in [0.25, 0.3) is 16.5 Å². The molecular weight excluding hydrogens is 478 g/mol. The maximum absolute atomic E-state index is 14.0. The van der Waals surface area contributed by atoms with E-state index < -0.39 is 0 Å². The lowest BCUT2D eigenvalue weighted by Crippen LogP contribution is -2.38. The highest BCUT2D eigenvalue weighted by atomic mass is 16.5.